The normalized spacial score (nSPS) is 22.4. The molecule has 0 saturated heterocycles. The Labute approximate surface area is 125 Å². The first-order chi connectivity index (χ1) is 10.2. The monoisotopic (exact) mass is 285 g/mol. The zero-order valence-electron chi connectivity index (χ0n) is 12.8. The second kappa shape index (κ2) is 5.98. The first-order valence-electron chi connectivity index (χ1n) is 7.77. The summed E-state index contributed by atoms with van der Waals surface area (Å²) in [5.41, 5.74) is 4.27. The van der Waals surface area contributed by atoms with Gasteiger partial charge in [0.05, 0.1) is 11.7 Å². The Morgan fingerprint density at radius 1 is 1.19 bits per heavy atom. The van der Waals surface area contributed by atoms with Crippen molar-refractivity contribution in [2.75, 3.05) is 6.61 Å². The van der Waals surface area contributed by atoms with Crippen LogP contribution in [0, 0.1) is 19.8 Å². The number of aryl methyl sites for hydroxylation is 2. The van der Waals surface area contributed by atoms with Crippen LogP contribution < -0.4 is 0 Å². The molecule has 0 unspecified atom stereocenters. The van der Waals surface area contributed by atoms with Crippen LogP contribution in [0.3, 0.4) is 0 Å². The van der Waals surface area contributed by atoms with Crippen molar-refractivity contribution < 1.29 is 5.11 Å². The van der Waals surface area contributed by atoms with Crippen LogP contribution in [0.25, 0.3) is 11.4 Å². The zero-order chi connectivity index (χ0) is 14.8. The molecule has 0 bridgehead atoms. The predicted molar refractivity (Wildman–Crippen MR) is 83.0 cm³/mol. The van der Waals surface area contributed by atoms with Crippen molar-refractivity contribution >= 4 is 0 Å². The first-order valence-corrected chi connectivity index (χ1v) is 7.77. The van der Waals surface area contributed by atoms with Crippen molar-refractivity contribution in [3.63, 3.8) is 0 Å². The number of rotatable bonds is 3. The lowest BCUT2D eigenvalue weighted by molar-refractivity contribution is 0.165. The average molecular weight is 285 g/mol. The largest absolute Gasteiger partial charge is 0.396 e. The van der Waals surface area contributed by atoms with Crippen molar-refractivity contribution in [3.05, 3.63) is 35.7 Å². The molecule has 0 aromatic carbocycles. The SMILES string of the molecule is Cc1ccc(-c2nn(C3CCC(CO)CC3)cc2C)nc1. The van der Waals surface area contributed by atoms with Crippen molar-refractivity contribution in [3.8, 4) is 11.4 Å². The van der Waals surface area contributed by atoms with E-state index in [0.29, 0.717) is 18.6 Å². The predicted octanol–water partition coefficient (Wildman–Crippen LogP) is 3.29. The van der Waals surface area contributed by atoms with Crippen molar-refractivity contribution in [1.82, 2.24) is 14.8 Å². The summed E-state index contributed by atoms with van der Waals surface area (Å²) in [5, 5.41) is 14.0. The van der Waals surface area contributed by atoms with Gasteiger partial charge in [-0.25, -0.2) is 0 Å². The highest BCUT2D eigenvalue weighted by molar-refractivity contribution is 5.57. The van der Waals surface area contributed by atoms with Gasteiger partial charge >= 0.3 is 0 Å². The van der Waals surface area contributed by atoms with E-state index in [1.807, 2.05) is 19.2 Å². The lowest BCUT2D eigenvalue weighted by Crippen LogP contribution is -2.20. The number of pyridine rings is 1. The van der Waals surface area contributed by atoms with E-state index in [-0.39, 0.29) is 0 Å². The first kappa shape index (κ1) is 14.3. The molecule has 0 atom stereocenters. The lowest BCUT2D eigenvalue weighted by Gasteiger charge is -2.27. The Balaban J connectivity index is 1.80. The highest BCUT2D eigenvalue weighted by Gasteiger charge is 2.23. The van der Waals surface area contributed by atoms with Gasteiger partial charge in [0, 0.05) is 19.0 Å². The van der Waals surface area contributed by atoms with Crippen molar-refractivity contribution in [2.45, 2.75) is 45.6 Å². The third kappa shape index (κ3) is 3.00. The Morgan fingerprint density at radius 3 is 2.57 bits per heavy atom. The van der Waals surface area contributed by atoms with E-state index in [9.17, 15) is 5.11 Å². The number of hydrogen-bond donors (Lipinski definition) is 1. The molecular formula is C17H23N3O. The summed E-state index contributed by atoms with van der Waals surface area (Å²) in [5.74, 6) is 0.483. The summed E-state index contributed by atoms with van der Waals surface area (Å²) in [6.45, 7) is 4.46. The zero-order valence-corrected chi connectivity index (χ0v) is 12.8. The van der Waals surface area contributed by atoms with E-state index >= 15 is 0 Å². The number of aliphatic hydroxyl groups excluding tert-OH is 1. The minimum atomic E-state index is 0.323. The second-order valence-electron chi connectivity index (χ2n) is 6.22. The summed E-state index contributed by atoms with van der Waals surface area (Å²) >= 11 is 0. The fourth-order valence-electron chi connectivity index (χ4n) is 3.12. The van der Waals surface area contributed by atoms with Gasteiger partial charge in [-0.05, 0) is 62.6 Å². The molecule has 1 N–H and O–H groups in total. The summed E-state index contributed by atoms with van der Waals surface area (Å²) in [4.78, 5) is 4.48. The molecule has 2 heterocycles. The summed E-state index contributed by atoms with van der Waals surface area (Å²) in [6.07, 6.45) is 8.43. The molecule has 4 heteroatoms. The van der Waals surface area contributed by atoms with E-state index in [1.54, 1.807) is 0 Å². The van der Waals surface area contributed by atoms with Crippen LogP contribution in [0.5, 0.6) is 0 Å². The van der Waals surface area contributed by atoms with Crippen molar-refractivity contribution in [1.29, 1.82) is 0 Å². The van der Waals surface area contributed by atoms with Crippen LogP contribution in [-0.2, 0) is 0 Å². The van der Waals surface area contributed by atoms with Gasteiger partial charge in [0.15, 0.2) is 0 Å². The Kier molecular flexibility index (Phi) is 4.06. The third-order valence-electron chi connectivity index (χ3n) is 4.52. The van der Waals surface area contributed by atoms with Crippen LogP contribution in [-0.4, -0.2) is 26.5 Å². The molecule has 2 aromatic rings. The van der Waals surface area contributed by atoms with Crippen molar-refractivity contribution in [2.24, 2.45) is 5.92 Å². The fraction of sp³-hybridized carbons (Fsp3) is 0.529. The molecule has 112 valence electrons. The second-order valence-corrected chi connectivity index (χ2v) is 6.22. The Morgan fingerprint density at radius 2 is 1.95 bits per heavy atom. The smallest absolute Gasteiger partial charge is 0.114 e. The van der Waals surface area contributed by atoms with Gasteiger partial charge in [0.1, 0.15) is 5.69 Å². The minimum Gasteiger partial charge on any atom is -0.396 e. The van der Waals surface area contributed by atoms with Gasteiger partial charge in [-0.1, -0.05) is 6.07 Å². The Bertz CT molecular complexity index is 595. The molecule has 0 spiro atoms. The molecule has 4 nitrogen and oxygen atoms in total. The van der Waals surface area contributed by atoms with Gasteiger partial charge in [-0.3, -0.25) is 9.67 Å². The van der Waals surface area contributed by atoms with Crippen LogP contribution in [0.15, 0.2) is 24.5 Å². The number of hydrogen-bond acceptors (Lipinski definition) is 3. The molecule has 0 amide bonds. The summed E-state index contributed by atoms with van der Waals surface area (Å²) in [6, 6.07) is 4.58. The molecule has 1 fully saturated rings. The van der Waals surface area contributed by atoms with E-state index < -0.39 is 0 Å². The standard InChI is InChI=1S/C17H23N3O/c1-12-3-8-16(18-9-12)17-13(2)10-20(19-17)15-6-4-14(11-21)5-7-15/h3,8-10,14-15,21H,4-7,11H2,1-2H3. The van der Waals surface area contributed by atoms with Crippen LogP contribution in [0.2, 0.25) is 0 Å². The topological polar surface area (TPSA) is 50.9 Å². The minimum absolute atomic E-state index is 0.323. The number of aliphatic hydroxyl groups is 1. The maximum absolute atomic E-state index is 9.24. The number of aromatic nitrogens is 3. The molecule has 0 aliphatic heterocycles. The van der Waals surface area contributed by atoms with E-state index in [0.717, 1.165) is 42.6 Å². The van der Waals surface area contributed by atoms with Gasteiger partial charge in [-0.2, -0.15) is 5.10 Å². The van der Waals surface area contributed by atoms with E-state index in [1.165, 1.54) is 5.56 Å². The van der Waals surface area contributed by atoms with E-state index in [2.05, 4.69) is 28.9 Å². The third-order valence-corrected chi connectivity index (χ3v) is 4.52. The molecule has 1 aliphatic rings. The van der Waals surface area contributed by atoms with Gasteiger partial charge in [0.2, 0.25) is 0 Å². The molecular weight excluding hydrogens is 262 g/mol. The van der Waals surface area contributed by atoms with Crippen LogP contribution in [0.1, 0.15) is 42.9 Å². The molecule has 2 aromatic heterocycles. The van der Waals surface area contributed by atoms with Gasteiger partial charge < -0.3 is 5.11 Å². The molecule has 3 rings (SSSR count). The van der Waals surface area contributed by atoms with Crippen LogP contribution >= 0.6 is 0 Å². The van der Waals surface area contributed by atoms with E-state index in [4.69, 9.17) is 5.10 Å². The maximum Gasteiger partial charge on any atom is 0.114 e. The molecule has 1 saturated carbocycles. The summed E-state index contributed by atoms with van der Waals surface area (Å²) in [7, 11) is 0. The van der Waals surface area contributed by atoms with Gasteiger partial charge in [-0.15, -0.1) is 0 Å². The molecule has 21 heavy (non-hydrogen) atoms. The quantitative estimate of drug-likeness (QED) is 0.941. The lowest BCUT2D eigenvalue weighted by atomic mass is 9.87. The molecule has 0 radical (unpaired) electrons. The fourth-order valence-corrected chi connectivity index (χ4v) is 3.12. The highest BCUT2D eigenvalue weighted by atomic mass is 16.3. The van der Waals surface area contributed by atoms with Crippen LogP contribution in [0.4, 0.5) is 0 Å². The summed E-state index contributed by atoms with van der Waals surface area (Å²) < 4.78 is 2.11. The maximum atomic E-state index is 9.24. The average Bonchev–Trinajstić information content (AvgIpc) is 2.90. The Hall–Kier alpha value is -1.68. The van der Waals surface area contributed by atoms with Gasteiger partial charge in [0.25, 0.3) is 0 Å². The number of nitrogens with zero attached hydrogens (tertiary/aromatic N) is 3. The highest BCUT2D eigenvalue weighted by Crippen LogP contribution is 2.32. The molecule has 1 aliphatic carbocycles.